The Hall–Kier alpha value is -0.960. The van der Waals surface area contributed by atoms with Crippen LogP contribution in [0.2, 0.25) is 0 Å². The van der Waals surface area contributed by atoms with E-state index in [1.165, 1.54) is 7.11 Å². The van der Waals surface area contributed by atoms with Crippen molar-refractivity contribution in [3.8, 4) is 0 Å². The first-order chi connectivity index (χ1) is 4.75. The molecule has 0 saturated heterocycles. The van der Waals surface area contributed by atoms with Gasteiger partial charge >= 0.3 is 0 Å². The third-order valence-corrected chi connectivity index (χ3v) is 1.42. The lowest BCUT2D eigenvalue weighted by Gasteiger charge is -2.14. The molecular formula is C7H10O3. The fraction of sp³-hybridized carbons (Fsp3) is 0.429. The van der Waals surface area contributed by atoms with E-state index in [2.05, 4.69) is 0 Å². The Labute approximate surface area is 59.2 Å². The van der Waals surface area contributed by atoms with Crippen molar-refractivity contribution in [3.05, 3.63) is 23.7 Å². The summed E-state index contributed by atoms with van der Waals surface area (Å²) in [6, 6.07) is 0. The van der Waals surface area contributed by atoms with Crippen LogP contribution in [0.25, 0.3) is 0 Å². The molecule has 56 valence electrons. The Morgan fingerprint density at radius 3 is 2.90 bits per heavy atom. The van der Waals surface area contributed by atoms with E-state index < -0.39 is 6.10 Å². The third-order valence-electron chi connectivity index (χ3n) is 1.42. The van der Waals surface area contributed by atoms with Crippen LogP contribution in [-0.4, -0.2) is 23.4 Å². The van der Waals surface area contributed by atoms with E-state index in [-0.39, 0.29) is 5.76 Å². The summed E-state index contributed by atoms with van der Waals surface area (Å²) < 4.78 is 4.76. The molecule has 0 aromatic rings. The second-order valence-corrected chi connectivity index (χ2v) is 2.11. The average Bonchev–Trinajstić information content (AvgIpc) is 1.95. The molecule has 0 amide bonds. The topological polar surface area (TPSA) is 49.7 Å². The summed E-state index contributed by atoms with van der Waals surface area (Å²) in [6.45, 7) is 0. The number of hydrogen-bond acceptors (Lipinski definition) is 3. The fourth-order valence-corrected chi connectivity index (χ4v) is 0.838. The highest BCUT2D eigenvalue weighted by Gasteiger charge is 2.16. The highest BCUT2D eigenvalue weighted by Crippen LogP contribution is 2.16. The first-order valence-electron chi connectivity index (χ1n) is 3.07. The minimum Gasteiger partial charge on any atom is -0.506 e. The Morgan fingerprint density at radius 1 is 1.70 bits per heavy atom. The molecule has 0 bridgehead atoms. The van der Waals surface area contributed by atoms with Crippen LogP contribution in [0.5, 0.6) is 0 Å². The molecule has 1 aliphatic carbocycles. The summed E-state index contributed by atoms with van der Waals surface area (Å²) in [4.78, 5) is 0. The van der Waals surface area contributed by atoms with Crippen LogP contribution in [0.1, 0.15) is 6.42 Å². The molecule has 0 aromatic carbocycles. The SMILES string of the molecule is COC1=C(O)C(O)CC=C1. The largest absolute Gasteiger partial charge is 0.506 e. The quantitative estimate of drug-likeness (QED) is 0.567. The van der Waals surface area contributed by atoms with Crippen molar-refractivity contribution in [1.29, 1.82) is 0 Å². The van der Waals surface area contributed by atoms with Gasteiger partial charge in [0, 0.05) is 0 Å². The van der Waals surface area contributed by atoms with Gasteiger partial charge in [-0.25, -0.2) is 0 Å². The van der Waals surface area contributed by atoms with Gasteiger partial charge in [-0.3, -0.25) is 0 Å². The second-order valence-electron chi connectivity index (χ2n) is 2.11. The summed E-state index contributed by atoms with van der Waals surface area (Å²) in [5, 5.41) is 18.1. The number of aliphatic hydroxyl groups is 2. The minimum atomic E-state index is -0.792. The van der Waals surface area contributed by atoms with Gasteiger partial charge in [0.1, 0.15) is 6.10 Å². The molecule has 0 saturated carbocycles. The van der Waals surface area contributed by atoms with Crippen LogP contribution in [0.15, 0.2) is 23.7 Å². The fourth-order valence-electron chi connectivity index (χ4n) is 0.838. The summed E-state index contributed by atoms with van der Waals surface area (Å²) in [7, 11) is 1.45. The molecule has 1 rings (SSSR count). The molecule has 1 unspecified atom stereocenters. The minimum absolute atomic E-state index is 0.0787. The van der Waals surface area contributed by atoms with Crippen LogP contribution >= 0.6 is 0 Å². The van der Waals surface area contributed by atoms with E-state index in [1.807, 2.05) is 0 Å². The first kappa shape index (κ1) is 7.15. The Morgan fingerprint density at radius 2 is 2.40 bits per heavy atom. The molecule has 3 nitrogen and oxygen atoms in total. The van der Waals surface area contributed by atoms with Crippen molar-refractivity contribution < 1.29 is 14.9 Å². The van der Waals surface area contributed by atoms with Crippen molar-refractivity contribution >= 4 is 0 Å². The lowest BCUT2D eigenvalue weighted by Crippen LogP contribution is -2.14. The molecule has 0 fully saturated rings. The van der Waals surface area contributed by atoms with Gasteiger partial charge in [0.25, 0.3) is 0 Å². The van der Waals surface area contributed by atoms with Crippen molar-refractivity contribution in [3.63, 3.8) is 0 Å². The van der Waals surface area contributed by atoms with Gasteiger partial charge in [0.15, 0.2) is 11.5 Å². The summed E-state index contributed by atoms with van der Waals surface area (Å²) in [5.74, 6) is 0.267. The molecule has 0 spiro atoms. The van der Waals surface area contributed by atoms with Gasteiger partial charge in [-0.05, 0) is 12.5 Å². The van der Waals surface area contributed by atoms with Crippen molar-refractivity contribution in [2.24, 2.45) is 0 Å². The van der Waals surface area contributed by atoms with E-state index in [0.717, 1.165) is 0 Å². The Kier molecular flexibility index (Phi) is 1.97. The molecule has 10 heavy (non-hydrogen) atoms. The lowest BCUT2D eigenvalue weighted by molar-refractivity contribution is 0.133. The van der Waals surface area contributed by atoms with E-state index in [9.17, 15) is 0 Å². The van der Waals surface area contributed by atoms with Crippen LogP contribution in [0.3, 0.4) is 0 Å². The van der Waals surface area contributed by atoms with Gasteiger partial charge in [-0.15, -0.1) is 0 Å². The maximum absolute atomic E-state index is 9.09. The molecule has 1 aliphatic rings. The number of ether oxygens (including phenoxy) is 1. The molecule has 0 aromatic heterocycles. The Bertz CT molecular complexity index is 181. The molecule has 0 heterocycles. The van der Waals surface area contributed by atoms with Crippen LogP contribution in [-0.2, 0) is 4.74 Å². The number of methoxy groups -OCH3 is 1. The highest BCUT2D eigenvalue weighted by molar-refractivity contribution is 5.23. The normalized spacial score (nSPS) is 25.2. The monoisotopic (exact) mass is 142 g/mol. The molecular weight excluding hydrogens is 132 g/mol. The number of hydrogen-bond donors (Lipinski definition) is 2. The molecule has 2 N–H and O–H groups in total. The van der Waals surface area contributed by atoms with Crippen molar-refractivity contribution in [1.82, 2.24) is 0 Å². The predicted molar refractivity (Wildman–Crippen MR) is 36.4 cm³/mol. The standard InChI is InChI=1S/C7H10O3/c1-10-6-4-2-3-5(8)7(6)9/h2,4-5,8-9H,3H2,1H3. The van der Waals surface area contributed by atoms with Crippen molar-refractivity contribution in [2.75, 3.05) is 7.11 Å². The Balaban J connectivity index is 2.82. The van der Waals surface area contributed by atoms with Gasteiger partial charge in [-0.1, -0.05) is 6.08 Å². The van der Waals surface area contributed by atoms with Crippen LogP contribution in [0.4, 0.5) is 0 Å². The van der Waals surface area contributed by atoms with Crippen molar-refractivity contribution in [2.45, 2.75) is 12.5 Å². The molecule has 1 atom stereocenters. The maximum Gasteiger partial charge on any atom is 0.163 e. The van der Waals surface area contributed by atoms with E-state index in [1.54, 1.807) is 12.2 Å². The highest BCUT2D eigenvalue weighted by atomic mass is 16.5. The maximum atomic E-state index is 9.09. The van der Waals surface area contributed by atoms with E-state index in [4.69, 9.17) is 14.9 Å². The number of aliphatic hydroxyl groups excluding tert-OH is 2. The zero-order chi connectivity index (χ0) is 7.56. The van der Waals surface area contributed by atoms with Gasteiger partial charge in [0.05, 0.1) is 7.11 Å². The van der Waals surface area contributed by atoms with Crippen LogP contribution < -0.4 is 0 Å². The zero-order valence-electron chi connectivity index (χ0n) is 5.74. The van der Waals surface area contributed by atoms with Gasteiger partial charge in [-0.2, -0.15) is 0 Å². The van der Waals surface area contributed by atoms with E-state index >= 15 is 0 Å². The number of rotatable bonds is 1. The van der Waals surface area contributed by atoms with Gasteiger partial charge < -0.3 is 14.9 Å². The van der Waals surface area contributed by atoms with Gasteiger partial charge in [0.2, 0.25) is 0 Å². The average molecular weight is 142 g/mol. The third kappa shape index (κ3) is 1.14. The predicted octanol–water partition coefficient (Wildman–Crippen LogP) is 0.723. The summed E-state index contributed by atoms with van der Waals surface area (Å²) >= 11 is 0. The van der Waals surface area contributed by atoms with Crippen LogP contribution in [0, 0.1) is 0 Å². The molecule has 0 radical (unpaired) electrons. The molecule has 0 aliphatic heterocycles. The molecule has 3 heteroatoms. The summed E-state index contributed by atoms with van der Waals surface area (Å²) in [6.07, 6.45) is 3.06. The lowest BCUT2D eigenvalue weighted by atomic mass is 10.1. The smallest absolute Gasteiger partial charge is 0.163 e. The number of allylic oxidation sites excluding steroid dienone is 1. The van der Waals surface area contributed by atoms with E-state index in [0.29, 0.717) is 12.2 Å². The second kappa shape index (κ2) is 2.75. The summed E-state index contributed by atoms with van der Waals surface area (Å²) in [5.41, 5.74) is 0. The first-order valence-corrected chi connectivity index (χ1v) is 3.07. The zero-order valence-corrected chi connectivity index (χ0v) is 5.74.